The average molecular weight is 166 g/mol. The van der Waals surface area contributed by atoms with Crippen molar-refractivity contribution in [3.63, 3.8) is 0 Å². The molecule has 2 aliphatic heterocycles. The number of fused-ring (bicyclic) bond motifs is 3. The summed E-state index contributed by atoms with van der Waals surface area (Å²) < 4.78 is 5.49. The lowest BCUT2D eigenvalue weighted by Gasteiger charge is -2.30. The molecule has 3 rings (SSSR count). The van der Waals surface area contributed by atoms with Gasteiger partial charge in [-0.05, 0) is 25.3 Å². The van der Waals surface area contributed by atoms with Crippen LogP contribution in [0.3, 0.4) is 0 Å². The van der Waals surface area contributed by atoms with Crippen LogP contribution in [-0.4, -0.2) is 13.2 Å². The SMILES string of the molecule is CCOC1=C2CCC(=C1N)NC2. The second-order valence-electron chi connectivity index (χ2n) is 3.11. The summed E-state index contributed by atoms with van der Waals surface area (Å²) in [6.45, 7) is 3.61. The highest BCUT2D eigenvalue weighted by atomic mass is 16.5. The van der Waals surface area contributed by atoms with Gasteiger partial charge >= 0.3 is 0 Å². The number of ether oxygens (including phenoxy) is 1. The van der Waals surface area contributed by atoms with E-state index in [2.05, 4.69) is 5.32 Å². The Balaban J connectivity index is 2.30. The number of hydrogen-bond donors (Lipinski definition) is 2. The lowest BCUT2D eigenvalue weighted by molar-refractivity contribution is 0.225. The fourth-order valence-electron chi connectivity index (χ4n) is 1.74. The number of nitrogens with one attached hydrogen (secondary N) is 1. The lowest BCUT2D eigenvalue weighted by Crippen LogP contribution is -2.33. The summed E-state index contributed by atoms with van der Waals surface area (Å²) in [5.41, 5.74) is 9.19. The van der Waals surface area contributed by atoms with Crippen LogP contribution in [-0.2, 0) is 4.74 Å². The third-order valence-corrected chi connectivity index (χ3v) is 2.37. The van der Waals surface area contributed by atoms with Crippen molar-refractivity contribution in [3.05, 3.63) is 22.7 Å². The van der Waals surface area contributed by atoms with Gasteiger partial charge in [-0.3, -0.25) is 0 Å². The van der Waals surface area contributed by atoms with E-state index in [9.17, 15) is 0 Å². The molecule has 12 heavy (non-hydrogen) atoms. The molecule has 0 spiro atoms. The number of hydrogen-bond acceptors (Lipinski definition) is 3. The summed E-state index contributed by atoms with van der Waals surface area (Å²) in [4.78, 5) is 0. The van der Waals surface area contributed by atoms with Crippen molar-refractivity contribution in [2.75, 3.05) is 13.2 Å². The minimum Gasteiger partial charge on any atom is -0.492 e. The summed E-state index contributed by atoms with van der Waals surface area (Å²) in [6, 6.07) is 0. The van der Waals surface area contributed by atoms with Gasteiger partial charge in [-0.15, -0.1) is 0 Å². The van der Waals surface area contributed by atoms with Crippen LogP contribution in [0.1, 0.15) is 19.8 Å². The van der Waals surface area contributed by atoms with Gasteiger partial charge in [-0.2, -0.15) is 0 Å². The van der Waals surface area contributed by atoms with E-state index in [4.69, 9.17) is 10.5 Å². The maximum atomic E-state index is 5.88. The monoisotopic (exact) mass is 166 g/mol. The van der Waals surface area contributed by atoms with Crippen molar-refractivity contribution in [1.82, 2.24) is 5.32 Å². The first-order valence-electron chi connectivity index (χ1n) is 4.40. The van der Waals surface area contributed by atoms with Crippen LogP contribution in [0.5, 0.6) is 0 Å². The first kappa shape index (κ1) is 7.53. The van der Waals surface area contributed by atoms with E-state index >= 15 is 0 Å². The zero-order valence-corrected chi connectivity index (χ0v) is 7.31. The summed E-state index contributed by atoms with van der Waals surface area (Å²) in [5, 5.41) is 3.27. The van der Waals surface area contributed by atoms with E-state index in [1.165, 1.54) is 5.57 Å². The van der Waals surface area contributed by atoms with Crippen molar-refractivity contribution in [2.24, 2.45) is 5.73 Å². The van der Waals surface area contributed by atoms with Gasteiger partial charge in [0.2, 0.25) is 0 Å². The van der Waals surface area contributed by atoms with Gasteiger partial charge in [0.1, 0.15) is 5.76 Å². The molecule has 0 aromatic rings. The van der Waals surface area contributed by atoms with Gasteiger partial charge in [0.15, 0.2) is 0 Å². The first-order valence-corrected chi connectivity index (χ1v) is 4.40. The molecule has 3 N–H and O–H groups in total. The Kier molecular flexibility index (Phi) is 1.71. The van der Waals surface area contributed by atoms with Crippen molar-refractivity contribution in [2.45, 2.75) is 19.8 Å². The van der Waals surface area contributed by atoms with Gasteiger partial charge in [0.25, 0.3) is 0 Å². The highest BCUT2D eigenvalue weighted by Gasteiger charge is 2.25. The van der Waals surface area contributed by atoms with Crippen molar-refractivity contribution >= 4 is 0 Å². The van der Waals surface area contributed by atoms with Crippen molar-refractivity contribution in [3.8, 4) is 0 Å². The third-order valence-electron chi connectivity index (χ3n) is 2.37. The number of nitrogens with two attached hydrogens (primary N) is 1. The molecule has 1 aliphatic carbocycles. The zero-order chi connectivity index (χ0) is 8.55. The van der Waals surface area contributed by atoms with E-state index in [1.54, 1.807) is 0 Å². The molecular formula is C9H14N2O. The largest absolute Gasteiger partial charge is 0.492 e. The standard InChI is InChI=1S/C9H14N2O/c1-2-12-9-6-3-4-7(8(9)10)11-5-6/h11H,2-5,10H2,1H3. The topological polar surface area (TPSA) is 47.3 Å². The predicted molar refractivity (Wildman–Crippen MR) is 47.1 cm³/mol. The summed E-state index contributed by atoms with van der Waals surface area (Å²) in [7, 11) is 0. The van der Waals surface area contributed by atoms with Gasteiger partial charge in [-0.1, -0.05) is 0 Å². The van der Waals surface area contributed by atoms with E-state index < -0.39 is 0 Å². The first-order chi connectivity index (χ1) is 5.83. The van der Waals surface area contributed by atoms with Crippen LogP contribution in [0.25, 0.3) is 0 Å². The van der Waals surface area contributed by atoms with Crippen molar-refractivity contribution < 1.29 is 4.74 Å². The molecular weight excluding hydrogens is 152 g/mol. The zero-order valence-electron chi connectivity index (χ0n) is 7.31. The van der Waals surface area contributed by atoms with Gasteiger partial charge < -0.3 is 15.8 Å². The summed E-state index contributed by atoms with van der Waals surface area (Å²) >= 11 is 0. The second-order valence-corrected chi connectivity index (χ2v) is 3.11. The molecule has 1 fully saturated rings. The molecule has 0 radical (unpaired) electrons. The van der Waals surface area contributed by atoms with E-state index in [0.29, 0.717) is 6.61 Å². The number of piperidine rings is 1. The highest BCUT2D eigenvalue weighted by molar-refractivity contribution is 5.40. The molecule has 0 amide bonds. The van der Waals surface area contributed by atoms with Crippen LogP contribution in [0.4, 0.5) is 0 Å². The molecule has 0 unspecified atom stereocenters. The van der Waals surface area contributed by atoms with Gasteiger partial charge in [-0.25, -0.2) is 0 Å². The van der Waals surface area contributed by atoms with Crippen LogP contribution in [0.15, 0.2) is 22.7 Å². The van der Waals surface area contributed by atoms with Crippen LogP contribution in [0, 0.1) is 0 Å². The van der Waals surface area contributed by atoms with E-state index in [1.807, 2.05) is 6.92 Å². The summed E-state index contributed by atoms with van der Waals surface area (Å²) in [5.74, 6) is 0.942. The molecule has 2 heterocycles. The molecule has 3 nitrogen and oxygen atoms in total. The normalized spacial score (nSPS) is 21.4. The molecule has 1 saturated heterocycles. The van der Waals surface area contributed by atoms with Crippen LogP contribution in [0.2, 0.25) is 0 Å². The van der Waals surface area contributed by atoms with E-state index in [0.717, 1.165) is 36.5 Å². The molecule has 3 heteroatoms. The Hall–Kier alpha value is -1.12. The Morgan fingerprint density at radius 1 is 1.50 bits per heavy atom. The van der Waals surface area contributed by atoms with Crippen LogP contribution >= 0.6 is 0 Å². The highest BCUT2D eigenvalue weighted by Crippen LogP contribution is 2.30. The smallest absolute Gasteiger partial charge is 0.144 e. The van der Waals surface area contributed by atoms with Gasteiger partial charge in [0.05, 0.1) is 12.3 Å². The maximum absolute atomic E-state index is 5.88. The van der Waals surface area contributed by atoms with E-state index in [-0.39, 0.29) is 0 Å². The van der Waals surface area contributed by atoms with Crippen LogP contribution < -0.4 is 11.1 Å². The second kappa shape index (κ2) is 2.73. The molecule has 66 valence electrons. The maximum Gasteiger partial charge on any atom is 0.144 e. The predicted octanol–water partition coefficient (Wildman–Crippen LogP) is 0.844. The Labute approximate surface area is 72.3 Å². The minimum atomic E-state index is 0.701. The Morgan fingerprint density at radius 2 is 2.33 bits per heavy atom. The third kappa shape index (κ3) is 0.967. The molecule has 2 bridgehead atoms. The lowest BCUT2D eigenvalue weighted by atomic mass is 9.94. The van der Waals surface area contributed by atoms with Gasteiger partial charge in [0, 0.05) is 12.2 Å². The Bertz CT molecular complexity index is 254. The molecule has 3 aliphatic rings. The Morgan fingerprint density at radius 3 is 2.83 bits per heavy atom. The number of rotatable bonds is 2. The molecule has 0 aromatic carbocycles. The molecule has 0 saturated carbocycles. The quantitative estimate of drug-likeness (QED) is 0.639. The molecule has 0 atom stereocenters. The fourth-order valence-corrected chi connectivity index (χ4v) is 1.74. The number of dihydropyridines is 1. The fraction of sp³-hybridized carbons (Fsp3) is 0.556. The summed E-state index contributed by atoms with van der Waals surface area (Å²) in [6.07, 6.45) is 2.16. The van der Waals surface area contributed by atoms with Crippen molar-refractivity contribution in [1.29, 1.82) is 0 Å². The average Bonchev–Trinajstić information content (AvgIpc) is 2.12. The number of allylic oxidation sites excluding steroid dienone is 1. The molecule has 0 aromatic heterocycles. The minimum absolute atomic E-state index is 0.701.